The summed E-state index contributed by atoms with van der Waals surface area (Å²) in [6.45, 7) is 1.45. The summed E-state index contributed by atoms with van der Waals surface area (Å²) in [5.41, 5.74) is 0.514. The lowest BCUT2D eigenvalue weighted by Gasteiger charge is -2.16. The smallest absolute Gasteiger partial charge is 0.258 e. The Morgan fingerprint density at radius 2 is 1.81 bits per heavy atom. The van der Waals surface area contributed by atoms with Crippen LogP contribution in [0.25, 0.3) is 0 Å². The number of carbonyl (C=O) groups excluding carboxylic acids is 2. The van der Waals surface area contributed by atoms with E-state index in [9.17, 15) is 9.59 Å². The van der Waals surface area contributed by atoms with Crippen LogP contribution < -0.4 is 10.1 Å². The van der Waals surface area contributed by atoms with Crippen LogP contribution in [0.3, 0.4) is 0 Å². The molecule has 0 atom stereocenters. The van der Waals surface area contributed by atoms with Gasteiger partial charge in [0.1, 0.15) is 5.75 Å². The second-order valence-electron chi connectivity index (χ2n) is 5.60. The Morgan fingerprint density at radius 1 is 1.14 bits per heavy atom. The number of benzene rings is 1. The van der Waals surface area contributed by atoms with E-state index in [1.165, 1.54) is 32.6 Å². The molecule has 1 saturated carbocycles. The maximum Gasteiger partial charge on any atom is 0.258 e. The van der Waals surface area contributed by atoms with E-state index in [4.69, 9.17) is 4.74 Å². The standard InChI is InChI=1S/C17H23NO3/c1-13(19)15-10-6-7-11-16(15)21-12-17(20)18-14-8-4-2-3-5-9-14/h6-7,10-11,14H,2-5,8-9,12H2,1H3,(H,18,20). The molecule has 21 heavy (non-hydrogen) atoms. The Kier molecular flexibility index (Phi) is 5.78. The summed E-state index contributed by atoms with van der Waals surface area (Å²) in [5.74, 6) is 0.302. The Balaban J connectivity index is 1.85. The number of hydrogen-bond acceptors (Lipinski definition) is 3. The number of nitrogens with one attached hydrogen (secondary N) is 1. The minimum Gasteiger partial charge on any atom is -0.483 e. The molecule has 1 aliphatic carbocycles. The molecule has 0 heterocycles. The molecule has 0 spiro atoms. The molecule has 0 aromatic heterocycles. The van der Waals surface area contributed by atoms with Gasteiger partial charge in [0.05, 0.1) is 5.56 Å². The first-order chi connectivity index (χ1) is 10.2. The van der Waals surface area contributed by atoms with Crippen molar-refractivity contribution in [2.45, 2.75) is 51.5 Å². The van der Waals surface area contributed by atoms with Gasteiger partial charge < -0.3 is 10.1 Å². The monoisotopic (exact) mass is 289 g/mol. The lowest BCUT2D eigenvalue weighted by atomic mass is 10.1. The van der Waals surface area contributed by atoms with Crippen LogP contribution in [0.4, 0.5) is 0 Å². The summed E-state index contributed by atoms with van der Waals surface area (Å²) in [7, 11) is 0. The minimum absolute atomic E-state index is 0.0409. The SMILES string of the molecule is CC(=O)c1ccccc1OCC(=O)NC1CCCCCC1. The molecule has 1 N–H and O–H groups in total. The fourth-order valence-electron chi connectivity index (χ4n) is 2.72. The van der Waals surface area contributed by atoms with E-state index in [1.807, 2.05) is 0 Å². The van der Waals surface area contributed by atoms with Gasteiger partial charge in [0.25, 0.3) is 5.91 Å². The Hall–Kier alpha value is -1.84. The number of amides is 1. The van der Waals surface area contributed by atoms with E-state index < -0.39 is 0 Å². The van der Waals surface area contributed by atoms with E-state index in [0.717, 1.165) is 12.8 Å². The third-order valence-corrected chi connectivity index (χ3v) is 3.85. The van der Waals surface area contributed by atoms with Crippen molar-refractivity contribution in [1.82, 2.24) is 5.32 Å². The number of carbonyl (C=O) groups is 2. The lowest BCUT2D eigenvalue weighted by molar-refractivity contribution is -0.123. The van der Waals surface area contributed by atoms with Crippen LogP contribution in [0.15, 0.2) is 24.3 Å². The van der Waals surface area contributed by atoms with Gasteiger partial charge in [-0.3, -0.25) is 9.59 Å². The van der Waals surface area contributed by atoms with Crippen molar-refractivity contribution >= 4 is 11.7 Å². The van der Waals surface area contributed by atoms with Crippen molar-refractivity contribution in [3.63, 3.8) is 0 Å². The highest BCUT2D eigenvalue weighted by atomic mass is 16.5. The Labute approximate surface area is 125 Å². The zero-order valence-electron chi connectivity index (χ0n) is 12.6. The third-order valence-electron chi connectivity index (χ3n) is 3.85. The highest BCUT2D eigenvalue weighted by Gasteiger charge is 2.15. The number of para-hydroxylation sites is 1. The number of hydrogen-bond donors (Lipinski definition) is 1. The Morgan fingerprint density at radius 3 is 2.48 bits per heavy atom. The number of ketones is 1. The number of Topliss-reactive ketones (excluding diaryl/α,β-unsaturated/α-hetero) is 1. The molecule has 0 bridgehead atoms. The fourth-order valence-corrected chi connectivity index (χ4v) is 2.72. The summed E-state index contributed by atoms with van der Waals surface area (Å²) >= 11 is 0. The molecule has 1 fully saturated rings. The topological polar surface area (TPSA) is 55.4 Å². The van der Waals surface area contributed by atoms with Gasteiger partial charge >= 0.3 is 0 Å². The number of rotatable bonds is 5. The molecular weight excluding hydrogens is 266 g/mol. The molecule has 0 aliphatic heterocycles. The summed E-state index contributed by atoms with van der Waals surface area (Å²) < 4.78 is 5.50. The van der Waals surface area contributed by atoms with Gasteiger partial charge in [-0.25, -0.2) is 0 Å². The minimum atomic E-state index is -0.111. The fraction of sp³-hybridized carbons (Fsp3) is 0.529. The first-order valence-electron chi connectivity index (χ1n) is 7.69. The van der Waals surface area contributed by atoms with Crippen molar-refractivity contribution in [3.8, 4) is 5.75 Å². The maximum atomic E-state index is 12.0. The molecule has 4 heteroatoms. The van der Waals surface area contributed by atoms with Gasteiger partial charge in [-0.1, -0.05) is 37.8 Å². The van der Waals surface area contributed by atoms with Crippen LogP contribution in [-0.4, -0.2) is 24.3 Å². The van der Waals surface area contributed by atoms with Crippen LogP contribution in [0.1, 0.15) is 55.8 Å². The van der Waals surface area contributed by atoms with Crippen LogP contribution in [0.5, 0.6) is 5.75 Å². The first-order valence-corrected chi connectivity index (χ1v) is 7.69. The van der Waals surface area contributed by atoms with Gasteiger partial charge in [-0.05, 0) is 31.9 Å². The van der Waals surface area contributed by atoms with Crippen LogP contribution in [-0.2, 0) is 4.79 Å². The summed E-state index contributed by atoms with van der Waals surface area (Å²) in [4.78, 5) is 23.4. The zero-order valence-corrected chi connectivity index (χ0v) is 12.6. The molecule has 2 rings (SSSR count). The van der Waals surface area contributed by atoms with E-state index >= 15 is 0 Å². The average molecular weight is 289 g/mol. The molecule has 0 radical (unpaired) electrons. The first kappa shape index (κ1) is 15.5. The van der Waals surface area contributed by atoms with Gasteiger partial charge in [0.2, 0.25) is 0 Å². The number of ether oxygens (including phenoxy) is 1. The molecule has 114 valence electrons. The van der Waals surface area contributed by atoms with Gasteiger partial charge in [-0.2, -0.15) is 0 Å². The molecule has 1 aromatic rings. The molecule has 1 aromatic carbocycles. The Bertz CT molecular complexity index is 491. The lowest BCUT2D eigenvalue weighted by Crippen LogP contribution is -2.37. The normalized spacial score (nSPS) is 16.0. The van der Waals surface area contributed by atoms with Gasteiger partial charge in [0.15, 0.2) is 12.4 Å². The summed E-state index contributed by atoms with van der Waals surface area (Å²) in [6.07, 6.45) is 6.98. The van der Waals surface area contributed by atoms with Gasteiger partial charge in [-0.15, -0.1) is 0 Å². The van der Waals surface area contributed by atoms with E-state index in [-0.39, 0.29) is 24.3 Å². The van der Waals surface area contributed by atoms with Crippen LogP contribution >= 0.6 is 0 Å². The summed E-state index contributed by atoms with van der Waals surface area (Å²) in [6, 6.07) is 7.28. The predicted molar refractivity (Wildman–Crippen MR) is 81.6 cm³/mol. The molecule has 4 nitrogen and oxygen atoms in total. The summed E-state index contributed by atoms with van der Waals surface area (Å²) in [5, 5.41) is 3.03. The van der Waals surface area contributed by atoms with Crippen molar-refractivity contribution < 1.29 is 14.3 Å². The average Bonchev–Trinajstić information content (AvgIpc) is 2.74. The van der Waals surface area contributed by atoms with Crippen LogP contribution in [0, 0.1) is 0 Å². The highest BCUT2D eigenvalue weighted by molar-refractivity contribution is 5.96. The molecule has 1 aliphatic rings. The highest BCUT2D eigenvalue weighted by Crippen LogP contribution is 2.19. The molecule has 0 saturated heterocycles. The predicted octanol–water partition coefficient (Wildman–Crippen LogP) is 3.11. The molecular formula is C17H23NO3. The second kappa shape index (κ2) is 7.81. The van der Waals surface area contributed by atoms with Gasteiger partial charge in [0, 0.05) is 6.04 Å². The third kappa shape index (κ3) is 4.88. The zero-order chi connectivity index (χ0) is 15.1. The molecule has 0 unspecified atom stereocenters. The largest absolute Gasteiger partial charge is 0.483 e. The van der Waals surface area contributed by atoms with E-state index in [2.05, 4.69) is 5.32 Å². The second-order valence-corrected chi connectivity index (χ2v) is 5.60. The van der Waals surface area contributed by atoms with Crippen molar-refractivity contribution in [1.29, 1.82) is 0 Å². The maximum absolute atomic E-state index is 12.0. The van der Waals surface area contributed by atoms with E-state index in [1.54, 1.807) is 24.3 Å². The molecule has 1 amide bonds. The van der Waals surface area contributed by atoms with Crippen molar-refractivity contribution in [3.05, 3.63) is 29.8 Å². The van der Waals surface area contributed by atoms with Crippen molar-refractivity contribution in [2.75, 3.05) is 6.61 Å². The quantitative estimate of drug-likeness (QED) is 0.669. The van der Waals surface area contributed by atoms with E-state index in [0.29, 0.717) is 11.3 Å². The van der Waals surface area contributed by atoms with Crippen LogP contribution in [0.2, 0.25) is 0 Å². The van der Waals surface area contributed by atoms with Crippen molar-refractivity contribution in [2.24, 2.45) is 0 Å².